The number of hydrogen-bond donors (Lipinski definition) is 1. The Hall–Kier alpha value is -2.67. The summed E-state index contributed by atoms with van der Waals surface area (Å²) in [5, 5.41) is 7.16. The number of carbonyl (C=O) groups excluding carboxylic acids is 2. The lowest BCUT2D eigenvalue weighted by Crippen LogP contribution is -2.31. The van der Waals surface area contributed by atoms with Gasteiger partial charge in [-0.2, -0.15) is 5.10 Å². The van der Waals surface area contributed by atoms with E-state index in [0.29, 0.717) is 24.8 Å². The van der Waals surface area contributed by atoms with Gasteiger partial charge >= 0.3 is 5.97 Å². The number of amides is 1. The van der Waals surface area contributed by atoms with Crippen LogP contribution in [0.25, 0.3) is 5.69 Å². The minimum absolute atomic E-state index is 0.331. The van der Waals surface area contributed by atoms with Crippen LogP contribution in [0.4, 0.5) is 0 Å². The van der Waals surface area contributed by atoms with Gasteiger partial charge in [-0.05, 0) is 31.0 Å². The van der Waals surface area contributed by atoms with Gasteiger partial charge in [0.1, 0.15) is 0 Å². The van der Waals surface area contributed by atoms with E-state index in [9.17, 15) is 9.59 Å². The monoisotopic (exact) mass is 343 g/mol. The quantitative estimate of drug-likeness (QED) is 0.582. The molecule has 2 aromatic rings. The fourth-order valence-corrected chi connectivity index (χ4v) is 2.44. The molecule has 0 bridgehead atoms. The largest absolute Gasteiger partial charge is 0.451 e. The summed E-state index contributed by atoms with van der Waals surface area (Å²) in [7, 11) is 1.55. The molecule has 7 nitrogen and oxygen atoms in total. The highest BCUT2D eigenvalue weighted by molar-refractivity contribution is 5.90. The van der Waals surface area contributed by atoms with Crippen molar-refractivity contribution in [1.82, 2.24) is 15.1 Å². The summed E-state index contributed by atoms with van der Waals surface area (Å²) in [6.45, 7) is 0.452. The SMILES string of the molecule is COCCNC(=O)COC(=O)c1cc(C2CC2)nn1-c1ccccc1. The van der Waals surface area contributed by atoms with Gasteiger partial charge in [-0.25, -0.2) is 9.48 Å². The molecule has 0 radical (unpaired) electrons. The highest BCUT2D eigenvalue weighted by Crippen LogP contribution is 2.39. The highest BCUT2D eigenvalue weighted by Gasteiger charge is 2.29. The van der Waals surface area contributed by atoms with Crippen LogP contribution in [0, 0.1) is 0 Å². The lowest BCUT2D eigenvalue weighted by Gasteiger charge is -2.08. The van der Waals surface area contributed by atoms with E-state index in [0.717, 1.165) is 24.2 Å². The maximum atomic E-state index is 12.4. The molecule has 1 saturated carbocycles. The summed E-state index contributed by atoms with van der Waals surface area (Å²) in [5.41, 5.74) is 2.00. The normalized spacial score (nSPS) is 13.5. The molecule has 1 aromatic heterocycles. The van der Waals surface area contributed by atoms with Gasteiger partial charge in [-0.15, -0.1) is 0 Å². The first kappa shape index (κ1) is 17.2. The number of esters is 1. The van der Waals surface area contributed by atoms with Gasteiger partial charge in [-0.3, -0.25) is 4.79 Å². The van der Waals surface area contributed by atoms with Gasteiger partial charge in [0.05, 0.1) is 18.0 Å². The lowest BCUT2D eigenvalue weighted by atomic mass is 10.2. The molecular weight excluding hydrogens is 322 g/mol. The van der Waals surface area contributed by atoms with E-state index in [1.54, 1.807) is 17.9 Å². The highest BCUT2D eigenvalue weighted by atomic mass is 16.5. The molecular formula is C18H21N3O4. The van der Waals surface area contributed by atoms with Crippen molar-refractivity contribution in [2.75, 3.05) is 26.9 Å². The molecule has 0 aliphatic heterocycles. The number of carbonyl (C=O) groups is 2. The van der Waals surface area contributed by atoms with Crippen molar-refractivity contribution in [3.63, 3.8) is 0 Å². The Balaban J connectivity index is 1.70. The first-order valence-corrected chi connectivity index (χ1v) is 8.27. The number of nitrogens with one attached hydrogen (secondary N) is 1. The van der Waals surface area contributed by atoms with Crippen LogP contribution in [0.1, 0.15) is 34.9 Å². The molecule has 1 aliphatic carbocycles. The van der Waals surface area contributed by atoms with E-state index in [-0.39, 0.29) is 12.5 Å². The number of ether oxygens (including phenoxy) is 2. The van der Waals surface area contributed by atoms with E-state index in [2.05, 4.69) is 10.4 Å². The van der Waals surface area contributed by atoms with E-state index < -0.39 is 5.97 Å². The van der Waals surface area contributed by atoms with Crippen LogP contribution >= 0.6 is 0 Å². The number of hydrogen-bond acceptors (Lipinski definition) is 5. The summed E-state index contributed by atoms with van der Waals surface area (Å²) in [6.07, 6.45) is 2.17. The van der Waals surface area contributed by atoms with Crippen LogP contribution in [-0.2, 0) is 14.3 Å². The van der Waals surface area contributed by atoms with Crippen LogP contribution < -0.4 is 5.32 Å². The molecule has 0 atom stereocenters. The number of nitrogens with zero attached hydrogens (tertiary/aromatic N) is 2. The molecule has 1 heterocycles. The summed E-state index contributed by atoms with van der Waals surface area (Å²) in [4.78, 5) is 24.1. The van der Waals surface area contributed by atoms with Crippen molar-refractivity contribution in [2.45, 2.75) is 18.8 Å². The van der Waals surface area contributed by atoms with Gasteiger partial charge in [0, 0.05) is 19.6 Å². The van der Waals surface area contributed by atoms with Crippen LogP contribution in [-0.4, -0.2) is 48.5 Å². The van der Waals surface area contributed by atoms with Crippen LogP contribution in [0.5, 0.6) is 0 Å². The third-order valence-electron chi connectivity index (χ3n) is 3.90. The number of para-hydroxylation sites is 1. The average Bonchev–Trinajstić information content (AvgIpc) is 3.39. The third kappa shape index (κ3) is 4.45. The molecule has 3 rings (SSSR count). The van der Waals surface area contributed by atoms with E-state index in [1.807, 2.05) is 30.3 Å². The predicted octanol–water partition coefficient (Wildman–Crippen LogP) is 1.67. The second kappa shape index (κ2) is 7.94. The number of methoxy groups -OCH3 is 1. The molecule has 0 spiro atoms. The molecule has 1 aromatic carbocycles. The molecule has 1 fully saturated rings. The summed E-state index contributed by atoms with van der Waals surface area (Å²) in [5.74, 6) is -0.516. The fraction of sp³-hybridized carbons (Fsp3) is 0.389. The van der Waals surface area contributed by atoms with Crippen molar-refractivity contribution < 1.29 is 19.1 Å². The zero-order valence-electron chi connectivity index (χ0n) is 14.1. The van der Waals surface area contributed by atoms with Crippen LogP contribution in [0.15, 0.2) is 36.4 Å². The Bertz CT molecular complexity index is 738. The third-order valence-corrected chi connectivity index (χ3v) is 3.90. The second-order valence-electron chi connectivity index (χ2n) is 5.89. The molecule has 1 N–H and O–H groups in total. The van der Waals surface area contributed by atoms with Crippen molar-refractivity contribution in [3.05, 3.63) is 47.8 Å². The Morgan fingerprint density at radius 1 is 1.28 bits per heavy atom. The smallest absolute Gasteiger partial charge is 0.357 e. The Morgan fingerprint density at radius 2 is 2.04 bits per heavy atom. The van der Waals surface area contributed by atoms with Crippen molar-refractivity contribution in [3.8, 4) is 5.69 Å². The molecule has 1 amide bonds. The summed E-state index contributed by atoms with van der Waals surface area (Å²) in [6, 6.07) is 11.2. The molecule has 25 heavy (non-hydrogen) atoms. The first-order chi connectivity index (χ1) is 12.2. The topological polar surface area (TPSA) is 82.4 Å². The van der Waals surface area contributed by atoms with Crippen molar-refractivity contribution in [2.24, 2.45) is 0 Å². The van der Waals surface area contributed by atoms with Gasteiger partial charge in [0.2, 0.25) is 0 Å². The standard InChI is InChI=1S/C18H21N3O4/c1-24-10-9-19-17(22)12-25-18(23)16-11-15(13-7-8-13)20-21(16)14-5-3-2-4-6-14/h2-6,11,13H,7-10,12H2,1H3,(H,19,22). The number of rotatable bonds is 8. The molecule has 0 unspecified atom stereocenters. The second-order valence-corrected chi connectivity index (χ2v) is 5.89. The van der Waals surface area contributed by atoms with Gasteiger partial charge in [-0.1, -0.05) is 18.2 Å². The predicted molar refractivity (Wildman–Crippen MR) is 90.7 cm³/mol. The Labute approximate surface area is 145 Å². The number of benzene rings is 1. The van der Waals surface area contributed by atoms with Crippen molar-refractivity contribution in [1.29, 1.82) is 0 Å². The molecule has 1 aliphatic rings. The minimum Gasteiger partial charge on any atom is -0.451 e. The Morgan fingerprint density at radius 3 is 2.72 bits per heavy atom. The number of aromatic nitrogens is 2. The lowest BCUT2D eigenvalue weighted by molar-refractivity contribution is -0.124. The van der Waals surface area contributed by atoms with Gasteiger partial charge in [0.15, 0.2) is 12.3 Å². The molecule has 132 valence electrons. The van der Waals surface area contributed by atoms with E-state index in [1.165, 1.54) is 0 Å². The van der Waals surface area contributed by atoms with Crippen molar-refractivity contribution >= 4 is 11.9 Å². The van der Waals surface area contributed by atoms with E-state index >= 15 is 0 Å². The first-order valence-electron chi connectivity index (χ1n) is 8.27. The zero-order valence-corrected chi connectivity index (χ0v) is 14.1. The van der Waals surface area contributed by atoms with Gasteiger partial charge in [0.25, 0.3) is 5.91 Å². The van der Waals surface area contributed by atoms with E-state index in [4.69, 9.17) is 9.47 Å². The molecule has 0 saturated heterocycles. The zero-order chi connectivity index (χ0) is 17.6. The summed E-state index contributed by atoms with van der Waals surface area (Å²) < 4.78 is 11.6. The fourth-order valence-electron chi connectivity index (χ4n) is 2.44. The van der Waals surface area contributed by atoms with Crippen LogP contribution in [0.2, 0.25) is 0 Å². The van der Waals surface area contributed by atoms with Crippen LogP contribution in [0.3, 0.4) is 0 Å². The minimum atomic E-state index is -0.565. The van der Waals surface area contributed by atoms with Gasteiger partial charge < -0.3 is 14.8 Å². The maximum Gasteiger partial charge on any atom is 0.357 e. The Kier molecular flexibility index (Phi) is 5.45. The molecule has 7 heteroatoms. The summed E-state index contributed by atoms with van der Waals surface area (Å²) >= 11 is 0. The average molecular weight is 343 g/mol. The maximum absolute atomic E-state index is 12.4.